The summed E-state index contributed by atoms with van der Waals surface area (Å²) in [5, 5.41) is 12.0. The molecule has 0 fully saturated rings. The van der Waals surface area contributed by atoms with Crippen LogP contribution in [0.2, 0.25) is 0 Å². The summed E-state index contributed by atoms with van der Waals surface area (Å²) < 4.78 is 39.6. The molecule has 0 aliphatic rings. The van der Waals surface area contributed by atoms with Crippen LogP contribution in [0.1, 0.15) is 21.8 Å². The van der Waals surface area contributed by atoms with Crippen molar-refractivity contribution < 1.29 is 13.2 Å². The van der Waals surface area contributed by atoms with Crippen molar-refractivity contribution in [1.29, 1.82) is 0 Å². The number of benzene rings is 1. The van der Waals surface area contributed by atoms with Gasteiger partial charge >= 0.3 is 6.18 Å². The molecule has 0 aliphatic heterocycles. The first-order valence-electron chi connectivity index (χ1n) is 8.95. The molecule has 6 nitrogen and oxygen atoms in total. The van der Waals surface area contributed by atoms with Gasteiger partial charge in [-0.1, -0.05) is 24.3 Å². The Morgan fingerprint density at radius 3 is 2.67 bits per heavy atom. The van der Waals surface area contributed by atoms with Crippen LogP contribution in [-0.4, -0.2) is 34.3 Å². The molecule has 30 heavy (non-hydrogen) atoms. The zero-order valence-electron chi connectivity index (χ0n) is 16.2. The first kappa shape index (κ1) is 24.1. The van der Waals surface area contributed by atoms with Crippen molar-refractivity contribution in [2.45, 2.75) is 25.7 Å². The Bertz CT molecular complexity index is 940. The number of thiazole rings is 1. The summed E-state index contributed by atoms with van der Waals surface area (Å²) in [5.41, 5.74) is 1.39. The lowest BCUT2D eigenvalue weighted by Gasteiger charge is -2.12. The molecule has 0 amide bonds. The molecule has 1 aromatic carbocycles. The smallest absolute Gasteiger partial charge is 0.356 e. The zero-order valence-corrected chi connectivity index (χ0v) is 19.3. The van der Waals surface area contributed by atoms with E-state index in [1.807, 2.05) is 35.1 Å². The Morgan fingerprint density at radius 2 is 2.00 bits per heavy atom. The van der Waals surface area contributed by atoms with Gasteiger partial charge in [0.1, 0.15) is 0 Å². The molecule has 3 rings (SSSR count). The average Bonchev–Trinajstić information content (AvgIpc) is 3.36. The normalized spacial score (nSPS) is 11.8. The molecule has 2 N–H and O–H groups in total. The van der Waals surface area contributed by atoms with Crippen molar-refractivity contribution in [3.8, 4) is 0 Å². The second-order valence-electron chi connectivity index (χ2n) is 6.25. The standard InChI is InChI=1S/C19H21F3N6S.HI/c1-23-18(24-8-6-17-27-16(13-29-17)19(20,21)22)25-11-14-4-2-5-15(10-14)12-28-9-3-7-26-28;/h2-5,7,9-10,13H,6,8,11-12H2,1H3,(H2,23,24,25);1H. The quantitative estimate of drug-likeness (QED) is 0.266. The first-order chi connectivity index (χ1) is 13.9. The Balaban J connectivity index is 0.00000320. The molecule has 2 heterocycles. The van der Waals surface area contributed by atoms with Gasteiger partial charge in [-0.3, -0.25) is 9.67 Å². The lowest BCUT2D eigenvalue weighted by molar-refractivity contribution is -0.140. The van der Waals surface area contributed by atoms with Crippen LogP contribution in [0.3, 0.4) is 0 Å². The van der Waals surface area contributed by atoms with Crippen LogP contribution in [0.5, 0.6) is 0 Å². The van der Waals surface area contributed by atoms with Crippen LogP contribution < -0.4 is 10.6 Å². The van der Waals surface area contributed by atoms with Gasteiger partial charge in [0.15, 0.2) is 11.7 Å². The van der Waals surface area contributed by atoms with Crippen LogP contribution >= 0.6 is 35.3 Å². The summed E-state index contributed by atoms with van der Waals surface area (Å²) in [6.45, 7) is 1.70. The van der Waals surface area contributed by atoms with Gasteiger partial charge < -0.3 is 10.6 Å². The number of guanidine groups is 1. The van der Waals surface area contributed by atoms with Gasteiger partial charge in [0.25, 0.3) is 0 Å². The number of alkyl halides is 3. The minimum atomic E-state index is -4.40. The van der Waals surface area contributed by atoms with Gasteiger partial charge in [-0.15, -0.1) is 35.3 Å². The molecule has 11 heteroatoms. The van der Waals surface area contributed by atoms with E-state index in [1.165, 1.54) is 0 Å². The number of nitrogens with one attached hydrogen (secondary N) is 2. The maximum Gasteiger partial charge on any atom is 0.434 e. The fourth-order valence-corrected chi connectivity index (χ4v) is 3.47. The summed E-state index contributed by atoms with van der Waals surface area (Å²) in [5.74, 6) is 0.579. The number of aliphatic imine (C=N–C) groups is 1. The number of hydrogen-bond donors (Lipinski definition) is 2. The van der Waals surface area contributed by atoms with Crippen molar-refractivity contribution >= 4 is 41.3 Å². The van der Waals surface area contributed by atoms with Gasteiger partial charge in [-0.05, 0) is 17.2 Å². The molecule has 0 aliphatic carbocycles. The molecule has 0 saturated carbocycles. The zero-order chi connectivity index (χ0) is 20.7. The van der Waals surface area contributed by atoms with Crippen LogP contribution in [0, 0.1) is 0 Å². The molecular formula is C19H22F3IN6S. The van der Waals surface area contributed by atoms with E-state index < -0.39 is 11.9 Å². The Kier molecular flexibility index (Phi) is 9.08. The van der Waals surface area contributed by atoms with Crippen molar-refractivity contribution in [3.63, 3.8) is 0 Å². The lowest BCUT2D eigenvalue weighted by atomic mass is 10.1. The molecule has 0 radical (unpaired) electrons. The predicted octanol–water partition coefficient (Wildman–Crippen LogP) is 3.93. The molecular weight excluding hydrogens is 528 g/mol. The topological polar surface area (TPSA) is 67.1 Å². The van der Waals surface area contributed by atoms with Gasteiger partial charge in [0, 0.05) is 44.3 Å². The average molecular weight is 550 g/mol. The third kappa shape index (κ3) is 7.27. The Labute approximate surface area is 193 Å². The molecule has 0 atom stereocenters. The molecule has 0 bridgehead atoms. The van der Waals surface area contributed by atoms with Gasteiger partial charge in [-0.25, -0.2) is 4.98 Å². The summed E-state index contributed by atoms with van der Waals surface area (Å²) in [6, 6.07) is 10.0. The van der Waals surface area contributed by atoms with E-state index in [0.29, 0.717) is 37.0 Å². The third-order valence-electron chi connectivity index (χ3n) is 4.05. The van der Waals surface area contributed by atoms with Gasteiger partial charge in [-0.2, -0.15) is 18.3 Å². The second kappa shape index (κ2) is 11.3. The highest BCUT2D eigenvalue weighted by molar-refractivity contribution is 14.0. The molecule has 0 saturated heterocycles. The van der Waals surface area contributed by atoms with E-state index in [9.17, 15) is 13.2 Å². The van der Waals surface area contributed by atoms with Crippen molar-refractivity contribution in [2.75, 3.05) is 13.6 Å². The van der Waals surface area contributed by atoms with Crippen molar-refractivity contribution in [1.82, 2.24) is 25.4 Å². The summed E-state index contributed by atoms with van der Waals surface area (Å²) >= 11 is 1.01. The Hall–Kier alpha value is -2.15. The highest BCUT2D eigenvalue weighted by Crippen LogP contribution is 2.29. The highest BCUT2D eigenvalue weighted by atomic mass is 127. The molecule has 3 aromatic rings. The van der Waals surface area contributed by atoms with Crippen molar-refractivity contribution in [2.24, 2.45) is 4.99 Å². The minimum absolute atomic E-state index is 0. The maximum atomic E-state index is 12.6. The van der Waals surface area contributed by atoms with Crippen LogP contribution in [0.15, 0.2) is 53.1 Å². The monoisotopic (exact) mass is 550 g/mol. The van der Waals surface area contributed by atoms with Gasteiger partial charge in [0.05, 0.1) is 11.6 Å². The van der Waals surface area contributed by atoms with Gasteiger partial charge in [0.2, 0.25) is 0 Å². The van der Waals surface area contributed by atoms with E-state index >= 15 is 0 Å². The van der Waals surface area contributed by atoms with E-state index in [-0.39, 0.29) is 24.0 Å². The fraction of sp³-hybridized carbons (Fsp3) is 0.316. The summed E-state index contributed by atoms with van der Waals surface area (Å²) in [7, 11) is 1.65. The number of nitrogens with zero attached hydrogens (tertiary/aromatic N) is 4. The van der Waals surface area contributed by atoms with E-state index in [1.54, 1.807) is 13.2 Å². The number of rotatable bonds is 7. The van der Waals surface area contributed by atoms with Crippen molar-refractivity contribution in [3.05, 3.63) is 69.9 Å². The maximum absolute atomic E-state index is 12.6. The fourth-order valence-electron chi connectivity index (χ4n) is 2.67. The number of halogens is 4. The summed E-state index contributed by atoms with van der Waals surface area (Å²) in [6.07, 6.45) is -0.347. The summed E-state index contributed by atoms with van der Waals surface area (Å²) in [4.78, 5) is 7.77. The van der Waals surface area contributed by atoms with E-state index in [0.717, 1.165) is 27.8 Å². The first-order valence-corrected chi connectivity index (χ1v) is 9.83. The SMILES string of the molecule is CN=C(NCCc1nc(C(F)(F)F)cs1)NCc1cccc(Cn2cccn2)c1.I. The number of aromatic nitrogens is 3. The molecule has 2 aromatic heterocycles. The van der Waals surface area contributed by atoms with Crippen LogP contribution in [0.4, 0.5) is 13.2 Å². The molecule has 162 valence electrons. The molecule has 0 unspecified atom stereocenters. The third-order valence-corrected chi connectivity index (χ3v) is 4.96. The Morgan fingerprint density at radius 1 is 1.20 bits per heavy atom. The van der Waals surface area contributed by atoms with Crippen LogP contribution in [0.25, 0.3) is 0 Å². The predicted molar refractivity (Wildman–Crippen MR) is 122 cm³/mol. The lowest BCUT2D eigenvalue weighted by Crippen LogP contribution is -2.37. The minimum Gasteiger partial charge on any atom is -0.356 e. The van der Waals surface area contributed by atoms with E-state index in [4.69, 9.17) is 0 Å². The largest absolute Gasteiger partial charge is 0.434 e. The van der Waals surface area contributed by atoms with Crippen LogP contribution in [-0.2, 0) is 25.7 Å². The van der Waals surface area contributed by atoms with E-state index in [2.05, 4.69) is 31.8 Å². The second-order valence-corrected chi connectivity index (χ2v) is 7.19. The highest BCUT2D eigenvalue weighted by Gasteiger charge is 2.33. The molecule has 0 spiro atoms. The number of hydrogen-bond acceptors (Lipinski definition) is 4.